The van der Waals surface area contributed by atoms with E-state index in [9.17, 15) is 4.79 Å². The van der Waals surface area contributed by atoms with Crippen molar-refractivity contribution in [1.29, 1.82) is 0 Å². The van der Waals surface area contributed by atoms with Crippen LogP contribution in [0.3, 0.4) is 0 Å². The highest BCUT2D eigenvalue weighted by Crippen LogP contribution is 2.51. The molecule has 138 valence electrons. The minimum atomic E-state index is -0.837. The van der Waals surface area contributed by atoms with Gasteiger partial charge >= 0.3 is 5.97 Å². The molecule has 0 heterocycles. The van der Waals surface area contributed by atoms with Crippen LogP contribution in [0.5, 0.6) is 0 Å². The van der Waals surface area contributed by atoms with Gasteiger partial charge in [-0.05, 0) is 62.7 Å². The van der Waals surface area contributed by atoms with Crippen LogP contribution in [-0.2, 0) is 9.53 Å². The zero-order chi connectivity index (χ0) is 17.2. The molecule has 0 aromatic carbocycles. The molecule has 3 heteroatoms. The van der Waals surface area contributed by atoms with E-state index in [1.165, 1.54) is 70.3 Å². The van der Waals surface area contributed by atoms with Gasteiger partial charge < -0.3 is 9.84 Å². The van der Waals surface area contributed by atoms with Crippen molar-refractivity contribution in [2.45, 2.75) is 90.1 Å². The van der Waals surface area contributed by atoms with Gasteiger partial charge in [-0.25, -0.2) is 4.79 Å². The van der Waals surface area contributed by atoms with E-state index < -0.39 is 5.97 Å². The molecular formula is C21H36O3. The van der Waals surface area contributed by atoms with Gasteiger partial charge in [-0.3, -0.25) is 0 Å². The van der Waals surface area contributed by atoms with Crippen LogP contribution >= 0.6 is 0 Å². The maximum atomic E-state index is 10.5. The summed E-state index contributed by atoms with van der Waals surface area (Å²) in [5, 5.41) is 8.60. The lowest BCUT2D eigenvalue weighted by Crippen LogP contribution is -2.30. The summed E-state index contributed by atoms with van der Waals surface area (Å²) in [5.41, 5.74) is 0. The molecule has 0 amide bonds. The molecule has 0 spiro atoms. The number of ether oxygens (including phenoxy) is 1. The SMILES string of the molecule is CCCCCCCO[C@@H]1[C@@H]2CC[C@@H](C2)[C@@H]1CCCCC=CC(=O)O. The van der Waals surface area contributed by atoms with Crippen LogP contribution in [0, 0.1) is 17.8 Å². The zero-order valence-electron chi connectivity index (χ0n) is 15.4. The Labute approximate surface area is 147 Å². The summed E-state index contributed by atoms with van der Waals surface area (Å²) in [7, 11) is 0. The number of carbonyl (C=O) groups is 1. The molecule has 2 bridgehead atoms. The third-order valence-corrected chi connectivity index (χ3v) is 5.98. The fourth-order valence-corrected chi connectivity index (χ4v) is 4.77. The number of hydrogen-bond acceptors (Lipinski definition) is 2. The Morgan fingerprint density at radius 1 is 1.08 bits per heavy atom. The lowest BCUT2D eigenvalue weighted by molar-refractivity contribution is -0.131. The number of carboxylic acids is 1. The lowest BCUT2D eigenvalue weighted by atomic mass is 9.82. The second-order valence-corrected chi connectivity index (χ2v) is 7.77. The van der Waals surface area contributed by atoms with Gasteiger partial charge in [0.2, 0.25) is 0 Å². The van der Waals surface area contributed by atoms with Crippen molar-refractivity contribution in [3.05, 3.63) is 12.2 Å². The zero-order valence-corrected chi connectivity index (χ0v) is 15.4. The number of carboxylic acid groups (broad SMARTS) is 1. The molecule has 0 aliphatic heterocycles. The molecule has 0 aromatic rings. The Morgan fingerprint density at radius 3 is 2.67 bits per heavy atom. The van der Waals surface area contributed by atoms with Crippen molar-refractivity contribution < 1.29 is 14.6 Å². The summed E-state index contributed by atoms with van der Waals surface area (Å²) in [6.07, 6.45) is 18.7. The number of fused-ring (bicyclic) bond motifs is 2. The van der Waals surface area contributed by atoms with Gasteiger partial charge in [0.15, 0.2) is 0 Å². The Hall–Kier alpha value is -0.830. The fraction of sp³-hybridized carbons (Fsp3) is 0.857. The van der Waals surface area contributed by atoms with E-state index in [-0.39, 0.29) is 0 Å². The van der Waals surface area contributed by atoms with Gasteiger partial charge in [0.25, 0.3) is 0 Å². The van der Waals surface area contributed by atoms with E-state index in [1.807, 2.05) is 0 Å². The predicted molar refractivity (Wildman–Crippen MR) is 98.1 cm³/mol. The van der Waals surface area contributed by atoms with E-state index in [2.05, 4.69) is 6.92 Å². The molecule has 2 saturated carbocycles. The van der Waals surface area contributed by atoms with E-state index in [0.717, 1.165) is 37.2 Å². The summed E-state index contributed by atoms with van der Waals surface area (Å²) >= 11 is 0. The maximum absolute atomic E-state index is 10.5. The van der Waals surface area contributed by atoms with E-state index in [4.69, 9.17) is 9.84 Å². The molecule has 3 nitrogen and oxygen atoms in total. The van der Waals surface area contributed by atoms with Crippen molar-refractivity contribution in [2.75, 3.05) is 6.61 Å². The van der Waals surface area contributed by atoms with Crippen LogP contribution in [0.15, 0.2) is 12.2 Å². The molecule has 0 radical (unpaired) electrons. The first kappa shape index (κ1) is 19.5. The highest BCUT2D eigenvalue weighted by molar-refractivity contribution is 5.79. The fourth-order valence-electron chi connectivity index (χ4n) is 4.77. The molecule has 4 atom stereocenters. The molecule has 24 heavy (non-hydrogen) atoms. The number of hydrogen-bond donors (Lipinski definition) is 1. The van der Waals surface area contributed by atoms with Crippen LogP contribution in [0.4, 0.5) is 0 Å². The first-order chi connectivity index (χ1) is 11.7. The summed E-state index contributed by atoms with van der Waals surface area (Å²) in [5.74, 6) is 1.65. The monoisotopic (exact) mass is 336 g/mol. The molecular weight excluding hydrogens is 300 g/mol. The highest BCUT2D eigenvalue weighted by atomic mass is 16.5. The molecule has 0 saturated heterocycles. The van der Waals surface area contributed by atoms with Gasteiger partial charge in [0.1, 0.15) is 0 Å². The van der Waals surface area contributed by atoms with Crippen LogP contribution in [-0.4, -0.2) is 23.8 Å². The van der Waals surface area contributed by atoms with Gasteiger partial charge in [-0.1, -0.05) is 45.1 Å². The summed E-state index contributed by atoms with van der Waals surface area (Å²) < 4.78 is 6.35. The largest absolute Gasteiger partial charge is 0.478 e. The first-order valence-corrected chi connectivity index (χ1v) is 10.2. The van der Waals surface area contributed by atoms with Crippen molar-refractivity contribution in [1.82, 2.24) is 0 Å². The Balaban J connectivity index is 1.63. The van der Waals surface area contributed by atoms with Crippen molar-refractivity contribution in [2.24, 2.45) is 17.8 Å². The van der Waals surface area contributed by atoms with Gasteiger partial charge in [0.05, 0.1) is 6.10 Å². The van der Waals surface area contributed by atoms with Crippen LogP contribution < -0.4 is 0 Å². The second kappa shape index (κ2) is 10.9. The van der Waals surface area contributed by atoms with Crippen LogP contribution in [0.25, 0.3) is 0 Å². The highest BCUT2D eigenvalue weighted by Gasteiger charge is 2.47. The second-order valence-electron chi connectivity index (χ2n) is 7.77. The minimum Gasteiger partial charge on any atom is -0.478 e. The van der Waals surface area contributed by atoms with Crippen molar-refractivity contribution in [3.8, 4) is 0 Å². The van der Waals surface area contributed by atoms with E-state index in [1.54, 1.807) is 6.08 Å². The smallest absolute Gasteiger partial charge is 0.327 e. The Kier molecular flexibility index (Phi) is 8.87. The molecule has 2 aliphatic rings. The normalized spacial score (nSPS) is 28.9. The molecule has 2 fully saturated rings. The molecule has 2 rings (SSSR count). The standard InChI is InChI=1S/C21H36O3/c1-2-3-4-7-10-15-24-21-18-14-13-17(16-18)19(21)11-8-5-6-9-12-20(22)23/h9,12,17-19,21H,2-8,10-11,13-16H2,1H3,(H,22,23)/t17-,18+,19-,21+/m0/s1. The summed E-state index contributed by atoms with van der Waals surface area (Å²) in [6.45, 7) is 3.21. The number of unbranched alkanes of at least 4 members (excludes halogenated alkanes) is 6. The number of rotatable bonds is 13. The first-order valence-electron chi connectivity index (χ1n) is 10.2. The average Bonchev–Trinajstić information content (AvgIpc) is 3.15. The summed E-state index contributed by atoms with van der Waals surface area (Å²) in [4.78, 5) is 10.5. The van der Waals surface area contributed by atoms with Gasteiger partial charge in [-0.2, -0.15) is 0 Å². The molecule has 1 N–H and O–H groups in total. The van der Waals surface area contributed by atoms with Crippen LogP contribution in [0.1, 0.15) is 84.0 Å². The number of allylic oxidation sites excluding steroid dienone is 1. The molecule has 0 unspecified atom stereocenters. The maximum Gasteiger partial charge on any atom is 0.327 e. The Bertz CT molecular complexity index is 391. The van der Waals surface area contributed by atoms with Crippen LogP contribution in [0.2, 0.25) is 0 Å². The van der Waals surface area contributed by atoms with Gasteiger partial charge in [0, 0.05) is 12.7 Å². The van der Waals surface area contributed by atoms with Crippen molar-refractivity contribution >= 4 is 5.97 Å². The third kappa shape index (κ3) is 6.23. The molecule has 0 aromatic heterocycles. The lowest BCUT2D eigenvalue weighted by Gasteiger charge is -2.31. The quantitative estimate of drug-likeness (QED) is 0.352. The minimum absolute atomic E-state index is 0.518. The van der Waals surface area contributed by atoms with Gasteiger partial charge in [-0.15, -0.1) is 0 Å². The topological polar surface area (TPSA) is 46.5 Å². The predicted octanol–water partition coefficient (Wildman–Crippen LogP) is 5.59. The number of aliphatic carboxylic acids is 1. The molecule has 2 aliphatic carbocycles. The van der Waals surface area contributed by atoms with E-state index >= 15 is 0 Å². The van der Waals surface area contributed by atoms with Crippen molar-refractivity contribution in [3.63, 3.8) is 0 Å². The third-order valence-electron chi connectivity index (χ3n) is 5.98. The summed E-state index contributed by atoms with van der Waals surface area (Å²) in [6, 6.07) is 0. The Morgan fingerprint density at radius 2 is 1.88 bits per heavy atom. The average molecular weight is 337 g/mol. The van der Waals surface area contributed by atoms with E-state index in [0.29, 0.717) is 6.10 Å².